The van der Waals surface area contributed by atoms with E-state index in [4.69, 9.17) is 9.84 Å². The Bertz CT molecular complexity index is 277. The standard InChI is InChI=1S/C13H20O2/c1-4-10(2)12-5-7-13(8-6-12)15-9-11(3)14/h5-8,10-11,14H,4,9H2,1-3H3/t10-,11+/m1/s1. The molecule has 0 spiro atoms. The maximum atomic E-state index is 9.07. The van der Waals surface area contributed by atoms with Crippen molar-refractivity contribution < 1.29 is 9.84 Å². The lowest BCUT2D eigenvalue weighted by molar-refractivity contribution is 0.122. The van der Waals surface area contributed by atoms with Crippen molar-refractivity contribution in [2.24, 2.45) is 0 Å². The van der Waals surface area contributed by atoms with Gasteiger partial charge in [-0.05, 0) is 37.0 Å². The van der Waals surface area contributed by atoms with Crippen LogP contribution in [0.25, 0.3) is 0 Å². The zero-order valence-corrected chi connectivity index (χ0v) is 9.73. The van der Waals surface area contributed by atoms with Gasteiger partial charge in [-0.25, -0.2) is 0 Å². The fraction of sp³-hybridized carbons (Fsp3) is 0.538. The second-order valence-corrected chi connectivity index (χ2v) is 4.04. The second kappa shape index (κ2) is 5.76. The molecule has 1 rings (SSSR count). The van der Waals surface area contributed by atoms with E-state index in [1.807, 2.05) is 12.1 Å². The van der Waals surface area contributed by atoms with Crippen LogP contribution >= 0.6 is 0 Å². The summed E-state index contributed by atoms with van der Waals surface area (Å²) in [5.41, 5.74) is 1.34. The molecule has 1 aromatic carbocycles. The molecule has 0 aliphatic carbocycles. The first-order valence-electron chi connectivity index (χ1n) is 5.54. The van der Waals surface area contributed by atoms with Crippen molar-refractivity contribution in [1.29, 1.82) is 0 Å². The van der Waals surface area contributed by atoms with Gasteiger partial charge in [-0.15, -0.1) is 0 Å². The lowest BCUT2D eigenvalue weighted by Gasteiger charge is -2.11. The summed E-state index contributed by atoms with van der Waals surface area (Å²) in [6, 6.07) is 8.10. The molecule has 0 heterocycles. The fourth-order valence-corrected chi connectivity index (χ4v) is 1.35. The monoisotopic (exact) mass is 208 g/mol. The Morgan fingerprint density at radius 1 is 1.20 bits per heavy atom. The highest BCUT2D eigenvalue weighted by atomic mass is 16.5. The second-order valence-electron chi connectivity index (χ2n) is 4.04. The summed E-state index contributed by atoms with van der Waals surface area (Å²) in [6.07, 6.45) is 0.729. The summed E-state index contributed by atoms with van der Waals surface area (Å²) in [4.78, 5) is 0. The number of benzene rings is 1. The Morgan fingerprint density at radius 2 is 1.80 bits per heavy atom. The van der Waals surface area contributed by atoms with Crippen LogP contribution in [-0.4, -0.2) is 17.8 Å². The van der Waals surface area contributed by atoms with E-state index in [1.165, 1.54) is 5.56 Å². The van der Waals surface area contributed by atoms with Crippen molar-refractivity contribution in [2.75, 3.05) is 6.61 Å². The molecule has 0 amide bonds. The smallest absolute Gasteiger partial charge is 0.119 e. The molecule has 1 aromatic rings. The van der Waals surface area contributed by atoms with Gasteiger partial charge in [0, 0.05) is 0 Å². The summed E-state index contributed by atoms with van der Waals surface area (Å²) in [5.74, 6) is 1.42. The molecule has 0 aromatic heterocycles. The predicted molar refractivity (Wildman–Crippen MR) is 62.3 cm³/mol. The van der Waals surface area contributed by atoms with Crippen LogP contribution in [0.5, 0.6) is 5.75 Å². The van der Waals surface area contributed by atoms with Gasteiger partial charge in [0.1, 0.15) is 12.4 Å². The number of aliphatic hydroxyl groups excluding tert-OH is 1. The molecule has 0 saturated carbocycles. The van der Waals surface area contributed by atoms with Crippen molar-refractivity contribution in [3.63, 3.8) is 0 Å². The molecule has 15 heavy (non-hydrogen) atoms. The van der Waals surface area contributed by atoms with Crippen molar-refractivity contribution in [2.45, 2.75) is 39.2 Å². The lowest BCUT2D eigenvalue weighted by Crippen LogP contribution is -2.12. The summed E-state index contributed by atoms with van der Waals surface area (Å²) < 4.78 is 5.39. The molecular weight excluding hydrogens is 188 g/mol. The van der Waals surface area contributed by atoms with Crippen molar-refractivity contribution in [1.82, 2.24) is 0 Å². The lowest BCUT2D eigenvalue weighted by atomic mass is 9.99. The van der Waals surface area contributed by atoms with Crippen LogP contribution < -0.4 is 4.74 Å². The fourth-order valence-electron chi connectivity index (χ4n) is 1.35. The summed E-state index contributed by atoms with van der Waals surface area (Å²) in [6.45, 7) is 6.46. The van der Waals surface area contributed by atoms with Crippen molar-refractivity contribution in [3.05, 3.63) is 29.8 Å². The Labute approximate surface area is 91.9 Å². The molecule has 2 heteroatoms. The number of rotatable bonds is 5. The van der Waals surface area contributed by atoms with Gasteiger partial charge in [0.15, 0.2) is 0 Å². The molecule has 1 N–H and O–H groups in total. The van der Waals surface area contributed by atoms with E-state index in [0.29, 0.717) is 12.5 Å². The first-order valence-corrected chi connectivity index (χ1v) is 5.54. The van der Waals surface area contributed by atoms with E-state index in [-0.39, 0.29) is 0 Å². The van der Waals surface area contributed by atoms with Crippen LogP contribution in [0, 0.1) is 0 Å². The molecule has 0 unspecified atom stereocenters. The van der Waals surface area contributed by atoms with E-state index in [0.717, 1.165) is 12.2 Å². The molecule has 0 saturated heterocycles. The minimum atomic E-state index is -0.417. The van der Waals surface area contributed by atoms with Gasteiger partial charge >= 0.3 is 0 Å². The highest BCUT2D eigenvalue weighted by Gasteiger charge is 2.03. The van der Waals surface area contributed by atoms with E-state index >= 15 is 0 Å². The molecule has 0 fully saturated rings. The summed E-state index contributed by atoms with van der Waals surface area (Å²) in [5, 5.41) is 9.07. The third-order valence-corrected chi connectivity index (χ3v) is 2.55. The maximum absolute atomic E-state index is 9.07. The molecule has 0 radical (unpaired) electrons. The average molecular weight is 208 g/mol. The molecule has 0 aliphatic rings. The largest absolute Gasteiger partial charge is 0.491 e. The molecule has 2 nitrogen and oxygen atoms in total. The van der Waals surface area contributed by atoms with Crippen LogP contribution in [0.1, 0.15) is 38.7 Å². The molecule has 0 bridgehead atoms. The van der Waals surface area contributed by atoms with Crippen LogP contribution in [0.3, 0.4) is 0 Å². The Kier molecular flexibility index (Phi) is 4.63. The van der Waals surface area contributed by atoms with Crippen LogP contribution in [-0.2, 0) is 0 Å². The Balaban J connectivity index is 2.56. The topological polar surface area (TPSA) is 29.5 Å². The van der Waals surface area contributed by atoms with Gasteiger partial charge in [0.05, 0.1) is 6.10 Å². The van der Waals surface area contributed by atoms with E-state index in [2.05, 4.69) is 26.0 Å². The predicted octanol–water partition coefficient (Wildman–Crippen LogP) is 2.96. The number of aliphatic hydroxyl groups is 1. The highest BCUT2D eigenvalue weighted by molar-refractivity contribution is 5.29. The summed E-state index contributed by atoms with van der Waals surface area (Å²) in [7, 11) is 0. The van der Waals surface area contributed by atoms with Crippen LogP contribution in [0.15, 0.2) is 24.3 Å². The number of hydrogen-bond donors (Lipinski definition) is 1. The van der Waals surface area contributed by atoms with Gasteiger partial charge in [0.25, 0.3) is 0 Å². The molecule has 2 atom stereocenters. The van der Waals surface area contributed by atoms with Gasteiger partial charge in [-0.1, -0.05) is 26.0 Å². The normalized spacial score (nSPS) is 14.7. The van der Waals surface area contributed by atoms with E-state index in [9.17, 15) is 0 Å². The summed E-state index contributed by atoms with van der Waals surface area (Å²) >= 11 is 0. The molecule has 84 valence electrons. The first-order chi connectivity index (χ1) is 7.13. The Hall–Kier alpha value is -1.02. The van der Waals surface area contributed by atoms with E-state index in [1.54, 1.807) is 6.92 Å². The number of hydrogen-bond acceptors (Lipinski definition) is 2. The minimum absolute atomic E-state index is 0.350. The Morgan fingerprint density at radius 3 is 2.27 bits per heavy atom. The van der Waals surface area contributed by atoms with E-state index < -0.39 is 6.10 Å². The zero-order chi connectivity index (χ0) is 11.3. The third kappa shape index (κ3) is 3.92. The van der Waals surface area contributed by atoms with Gasteiger partial charge < -0.3 is 9.84 Å². The van der Waals surface area contributed by atoms with Crippen LogP contribution in [0.4, 0.5) is 0 Å². The molecule has 0 aliphatic heterocycles. The third-order valence-electron chi connectivity index (χ3n) is 2.55. The quantitative estimate of drug-likeness (QED) is 0.806. The minimum Gasteiger partial charge on any atom is -0.491 e. The zero-order valence-electron chi connectivity index (χ0n) is 9.73. The van der Waals surface area contributed by atoms with Crippen LogP contribution in [0.2, 0.25) is 0 Å². The highest BCUT2D eigenvalue weighted by Crippen LogP contribution is 2.21. The van der Waals surface area contributed by atoms with Gasteiger partial charge in [-0.3, -0.25) is 0 Å². The molecular formula is C13H20O2. The average Bonchev–Trinajstić information content (AvgIpc) is 2.26. The van der Waals surface area contributed by atoms with Crippen molar-refractivity contribution >= 4 is 0 Å². The SMILES string of the molecule is CC[C@@H](C)c1ccc(OC[C@H](C)O)cc1. The van der Waals surface area contributed by atoms with Crippen molar-refractivity contribution in [3.8, 4) is 5.75 Å². The first kappa shape index (κ1) is 12.1. The maximum Gasteiger partial charge on any atom is 0.119 e. The van der Waals surface area contributed by atoms with Gasteiger partial charge in [-0.2, -0.15) is 0 Å². The van der Waals surface area contributed by atoms with Gasteiger partial charge in [0.2, 0.25) is 0 Å². The number of ether oxygens (including phenoxy) is 1.